The molecule has 182 valence electrons. The van der Waals surface area contributed by atoms with Gasteiger partial charge in [0.1, 0.15) is 0 Å². The van der Waals surface area contributed by atoms with Gasteiger partial charge in [-0.2, -0.15) is 0 Å². The number of benzene rings is 4. The van der Waals surface area contributed by atoms with E-state index in [2.05, 4.69) is 121 Å². The van der Waals surface area contributed by atoms with Crippen molar-refractivity contribution in [2.75, 3.05) is 0 Å². The zero-order valence-electron chi connectivity index (χ0n) is 21.0. The van der Waals surface area contributed by atoms with E-state index in [-0.39, 0.29) is 15.8 Å². The first-order valence-corrected chi connectivity index (χ1v) is 16.5. The minimum absolute atomic E-state index is 0.347. The molecule has 2 aliphatic rings. The second-order valence-electron chi connectivity index (χ2n) is 10.4. The van der Waals surface area contributed by atoms with Crippen molar-refractivity contribution in [2.24, 2.45) is 11.8 Å². The molecule has 2 aliphatic carbocycles. The Morgan fingerprint density at radius 3 is 0.917 bits per heavy atom. The van der Waals surface area contributed by atoms with Crippen molar-refractivity contribution in [2.45, 2.75) is 49.8 Å². The number of rotatable bonds is 7. The van der Waals surface area contributed by atoms with Crippen LogP contribution in [0, 0.1) is 11.8 Å². The first-order chi connectivity index (χ1) is 17.9. The van der Waals surface area contributed by atoms with E-state index >= 15 is 0 Å². The topological polar surface area (TPSA) is 0 Å². The number of hydrogen-bond donors (Lipinski definition) is 0. The third-order valence-corrected chi connectivity index (χ3v) is 14.4. The van der Waals surface area contributed by atoms with Crippen molar-refractivity contribution in [1.29, 1.82) is 0 Å². The van der Waals surface area contributed by atoms with Crippen molar-refractivity contribution < 1.29 is 0 Å². The van der Waals surface area contributed by atoms with Gasteiger partial charge in [0, 0.05) is 0 Å². The molecule has 4 atom stereocenters. The third-order valence-electron chi connectivity index (χ3n) is 8.41. The molecule has 4 aromatic carbocycles. The van der Waals surface area contributed by atoms with Gasteiger partial charge in [0.2, 0.25) is 0 Å². The molecular weight excluding hydrogens is 470 g/mol. The predicted molar refractivity (Wildman–Crippen MR) is 160 cm³/mol. The summed E-state index contributed by atoms with van der Waals surface area (Å²) in [5.41, 5.74) is 1.58. The molecule has 0 nitrogen and oxygen atoms in total. The van der Waals surface area contributed by atoms with Crippen LogP contribution in [0.15, 0.2) is 121 Å². The fourth-order valence-corrected chi connectivity index (χ4v) is 13.5. The van der Waals surface area contributed by atoms with E-state index in [1.165, 1.54) is 38.5 Å². The maximum Gasteiger partial charge on any atom is -0.00976 e. The van der Waals surface area contributed by atoms with Crippen LogP contribution < -0.4 is 21.2 Å². The first kappa shape index (κ1) is 24.1. The lowest BCUT2D eigenvalue weighted by Crippen LogP contribution is -2.34. The van der Waals surface area contributed by atoms with Crippen LogP contribution in [0.3, 0.4) is 0 Å². The second-order valence-corrected chi connectivity index (χ2v) is 15.3. The summed E-state index contributed by atoms with van der Waals surface area (Å²) in [6, 6.07) is 45.9. The first-order valence-electron chi connectivity index (χ1n) is 13.7. The van der Waals surface area contributed by atoms with Crippen LogP contribution in [-0.4, -0.2) is 11.3 Å². The molecule has 0 bridgehead atoms. The van der Waals surface area contributed by atoms with Crippen molar-refractivity contribution in [3.63, 3.8) is 0 Å². The molecule has 2 unspecified atom stereocenters. The lowest BCUT2D eigenvalue weighted by molar-refractivity contribution is 0.358. The van der Waals surface area contributed by atoms with E-state index in [0.29, 0.717) is 0 Å². The standard InChI is InChI=1S/C34H36P2/c1-5-15-27(16-6-1)35(28-17-7-2-8-18-28)33-25-13-23-31(33)32-24-14-26-34(32)36(29-19-9-3-10-20-29)30-21-11-4-12-22-30/h1-12,15-22,31-34H,13-14,23-26H2/t31-,32-,33?,34?/m1/s1. The summed E-state index contributed by atoms with van der Waals surface area (Å²) < 4.78 is 0. The maximum absolute atomic E-state index is 2.40. The summed E-state index contributed by atoms with van der Waals surface area (Å²) in [6.07, 6.45) is 8.39. The fourth-order valence-electron chi connectivity index (χ4n) is 7.00. The molecule has 4 aromatic rings. The Morgan fingerprint density at radius 1 is 0.361 bits per heavy atom. The minimum atomic E-state index is -0.347. The summed E-state index contributed by atoms with van der Waals surface area (Å²) in [6.45, 7) is 0. The summed E-state index contributed by atoms with van der Waals surface area (Å²) in [7, 11) is -0.694. The minimum Gasteiger partial charge on any atom is -0.0622 e. The molecular formula is C34H36P2. The van der Waals surface area contributed by atoms with Crippen molar-refractivity contribution in [3.8, 4) is 0 Å². The van der Waals surface area contributed by atoms with Gasteiger partial charge in [-0.15, -0.1) is 0 Å². The molecule has 2 fully saturated rings. The molecule has 6 rings (SSSR count). The molecule has 2 saturated carbocycles. The highest BCUT2D eigenvalue weighted by molar-refractivity contribution is 7.74. The molecule has 0 aromatic heterocycles. The van der Waals surface area contributed by atoms with E-state index in [1.54, 1.807) is 21.2 Å². The Labute approximate surface area is 219 Å². The third kappa shape index (κ3) is 4.96. The summed E-state index contributed by atoms with van der Waals surface area (Å²) in [5.74, 6) is 1.67. The van der Waals surface area contributed by atoms with Crippen LogP contribution in [0.5, 0.6) is 0 Å². The average Bonchev–Trinajstić information content (AvgIpc) is 3.62. The smallest absolute Gasteiger partial charge is 0.00976 e. The van der Waals surface area contributed by atoms with Crippen molar-refractivity contribution in [1.82, 2.24) is 0 Å². The van der Waals surface area contributed by atoms with E-state index < -0.39 is 0 Å². The maximum atomic E-state index is 2.40. The molecule has 0 N–H and O–H groups in total. The van der Waals surface area contributed by atoms with E-state index in [9.17, 15) is 0 Å². The van der Waals surface area contributed by atoms with Gasteiger partial charge in [-0.1, -0.05) is 134 Å². The second kappa shape index (κ2) is 11.4. The zero-order valence-corrected chi connectivity index (χ0v) is 22.8. The van der Waals surface area contributed by atoms with Crippen LogP contribution in [0.2, 0.25) is 0 Å². The van der Waals surface area contributed by atoms with Crippen LogP contribution >= 0.6 is 15.8 Å². The van der Waals surface area contributed by atoms with Crippen LogP contribution in [0.1, 0.15) is 38.5 Å². The van der Waals surface area contributed by atoms with Crippen molar-refractivity contribution in [3.05, 3.63) is 121 Å². The van der Waals surface area contributed by atoms with Crippen LogP contribution in [0.25, 0.3) is 0 Å². The predicted octanol–water partition coefficient (Wildman–Crippen LogP) is 7.59. The highest BCUT2D eigenvalue weighted by Crippen LogP contribution is 2.59. The van der Waals surface area contributed by atoms with Crippen LogP contribution in [-0.2, 0) is 0 Å². The lowest BCUT2D eigenvalue weighted by Gasteiger charge is -2.38. The van der Waals surface area contributed by atoms with Gasteiger partial charge in [-0.25, -0.2) is 0 Å². The Hall–Kier alpha value is -2.26. The molecule has 36 heavy (non-hydrogen) atoms. The van der Waals surface area contributed by atoms with Crippen LogP contribution in [0.4, 0.5) is 0 Å². The van der Waals surface area contributed by atoms with Gasteiger partial charge in [-0.3, -0.25) is 0 Å². The molecule has 0 heterocycles. The number of hydrogen-bond acceptors (Lipinski definition) is 0. The molecule has 0 aliphatic heterocycles. The van der Waals surface area contributed by atoms with Gasteiger partial charge < -0.3 is 0 Å². The molecule has 0 spiro atoms. The zero-order chi connectivity index (χ0) is 24.2. The average molecular weight is 507 g/mol. The monoisotopic (exact) mass is 506 g/mol. The Balaban J connectivity index is 1.38. The summed E-state index contributed by atoms with van der Waals surface area (Å²) in [5, 5.41) is 6.27. The van der Waals surface area contributed by atoms with Crippen molar-refractivity contribution >= 4 is 37.1 Å². The largest absolute Gasteiger partial charge is 0.0622 e. The van der Waals surface area contributed by atoms with Gasteiger partial charge >= 0.3 is 0 Å². The van der Waals surface area contributed by atoms with E-state index in [4.69, 9.17) is 0 Å². The molecule has 2 heteroatoms. The molecule has 0 saturated heterocycles. The van der Waals surface area contributed by atoms with Gasteiger partial charge in [0.05, 0.1) is 0 Å². The quantitative estimate of drug-likeness (QED) is 0.227. The Bertz CT molecular complexity index is 1030. The highest BCUT2D eigenvalue weighted by atomic mass is 31.1. The SMILES string of the molecule is c1ccc(P(c2ccccc2)C2CCC[C@@H]2[C@H]2CCCC2P(c2ccccc2)c2ccccc2)cc1. The van der Waals surface area contributed by atoms with Gasteiger partial charge in [-0.05, 0) is 85.9 Å². The highest BCUT2D eigenvalue weighted by Gasteiger charge is 2.46. The Morgan fingerprint density at radius 2 is 0.639 bits per heavy atom. The van der Waals surface area contributed by atoms with Gasteiger partial charge in [0.25, 0.3) is 0 Å². The van der Waals surface area contributed by atoms with E-state index in [0.717, 1.165) is 23.2 Å². The van der Waals surface area contributed by atoms with E-state index in [1.807, 2.05) is 0 Å². The summed E-state index contributed by atoms with van der Waals surface area (Å²) >= 11 is 0. The molecule has 0 amide bonds. The normalized spacial score (nSPS) is 23.9. The fraction of sp³-hybridized carbons (Fsp3) is 0.294. The summed E-state index contributed by atoms with van der Waals surface area (Å²) in [4.78, 5) is 0. The molecule has 0 radical (unpaired) electrons. The van der Waals surface area contributed by atoms with Gasteiger partial charge in [0.15, 0.2) is 0 Å². The lowest BCUT2D eigenvalue weighted by atomic mass is 9.89. The Kier molecular flexibility index (Phi) is 7.65.